The smallest absolute Gasteiger partial charge is 0.203 e. The monoisotopic (exact) mass is 535 g/mol. The van der Waals surface area contributed by atoms with Crippen molar-refractivity contribution < 1.29 is 19.7 Å². The summed E-state index contributed by atoms with van der Waals surface area (Å²) >= 11 is 0. The number of fused-ring (bicyclic) bond motifs is 1. The summed E-state index contributed by atoms with van der Waals surface area (Å²) in [7, 11) is 0. The van der Waals surface area contributed by atoms with E-state index >= 15 is 0 Å². The van der Waals surface area contributed by atoms with E-state index in [0.29, 0.717) is 36.5 Å². The van der Waals surface area contributed by atoms with E-state index in [-0.39, 0.29) is 10.8 Å². The second-order valence-electron chi connectivity index (χ2n) is 13.3. The molecule has 4 saturated carbocycles. The summed E-state index contributed by atoms with van der Waals surface area (Å²) in [4.78, 5) is 4.74. The van der Waals surface area contributed by atoms with Crippen LogP contribution in [0.15, 0.2) is 58.3 Å². The number of unbranched alkanes of at least 4 members (excludes halogenated alkanes) is 1. The van der Waals surface area contributed by atoms with Gasteiger partial charge in [0.15, 0.2) is 0 Å². The molecule has 1 heterocycles. The van der Waals surface area contributed by atoms with Gasteiger partial charge in [0.05, 0.1) is 29.4 Å². The Bertz CT molecular complexity index is 1120. The van der Waals surface area contributed by atoms with Crippen LogP contribution in [0.25, 0.3) is 0 Å². The van der Waals surface area contributed by atoms with E-state index in [0.717, 1.165) is 55.4 Å². The highest BCUT2D eigenvalue weighted by Crippen LogP contribution is 2.60. The van der Waals surface area contributed by atoms with Gasteiger partial charge in [-0.05, 0) is 98.5 Å². The molecule has 0 amide bonds. The summed E-state index contributed by atoms with van der Waals surface area (Å²) in [6, 6.07) is 0. The molecule has 3 N–H and O–H groups in total. The number of allylic oxidation sites excluding steroid dienone is 4. The third-order valence-corrected chi connectivity index (χ3v) is 10.7. The number of aliphatic hydroxyl groups is 3. The number of nitrogens with zero attached hydrogens (tertiary/aromatic N) is 1. The van der Waals surface area contributed by atoms with Crippen molar-refractivity contribution in [1.29, 1.82) is 0 Å². The third-order valence-electron chi connectivity index (χ3n) is 10.7. The van der Waals surface area contributed by atoms with Crippen LogP contribution in [0.3, 0.4) is 0 Å². The number of aryl methyl sites for hydroxylation is 1. The van der Waals surface area contributed by atoms with Gasteiger partial charge in [0.2, 0.25) is 5.89 Å². The van der Waals surface area contributed by atoms with E-state index in [4.69, 9.17) is 9.40 Å². The van der Waals surface area contributed by atoms with E-state index in [2.05, 4.69) is 45.6 Å². The number of aromatic nitrogens is 1. The second kappa shape index (κ2) is 11.5. The molecule has 1 aromatic heterocycles. The molecule has 7 atom stereocenters. The summed E-state index contributed by atoms with van der Waals surface area (Å²) in [5, 5.41) is 31.6. The minimum absolute atomic E-state index is 0.244. The van der Waals surface area contributed by atoms with E-state index in [1.54, 1.807) is 6.26 Å². The Morgan fingerprint density at radius 3 is 2.72 bits per heavy atom. The summed E-state index contributed by atoms with van der Waals surface area (Å²) < 4.78 is 5.85. The van der Waals surface area contributed by atoms with Gasteiger partial charge in [0.25, 0.3) is 0 Å². The minimum atomic E-state index is -0.643. The maximum absolute atomic E-state index is 11.2. The zero-order valence-electron chi connectivity index (χ0n) is 24.2. The van der Waals surface area contributed by atoms with Gasteiger partial charge in [0, 0.05) is 6.42 Å². The van der Waals surface area contributed by atoms with Crippen LogP contribution in [0.5, 0.6) is 0 Å². The fraction of sp³-hybridized carbons (Fsp3) is 0.676. The average molecular weight is 536 g/mol. The van der Waals surface area contributed by atoms with Gasteiger partial charge in [-0.1, -0.05) is 63.6 Å². The molecule has 0 radical (unpaired) electrons. The largest absolute Gasteiger partial charge is 0.448 e. The van der Waals surface area contributed by atoms with Gasteiger partial charge in [-0.3, -0.25) is 0 Å². The van der Waals surface area contributed by atoms with Crippen LogP contribution in [-0.4, -0.2) is 38.6 Å². The van der Waals surface area contributed by atoms with Crippen molar-refractivity contribution in [2.75, 3.05) is 0 Å². The summed E-state index contributed by atoms with van der Waals surface area (Å²) in [5.41, 5.74) is 4.16. The molecule has 0 saturated heterocycles. The van der Waals surface area contributed by atoms with Crippen molar-refractivity contribution in [2.45, 2.75) is 122 Å². The first-order valence-corrected chi connectivity index (χ1v) is 15.4. The van der Waals surface area contributed by atoms with Gasteiger partial charge < -0.3 is 19.7 Å². The first-order chi connectivity index (χ1) is 18.7. The molecule has 0 unspecified atom stereocenters. The van der Waals surface area contributed by atoms with Gasteiger partial charge in [-0.15, -0.1) is 0 Å². The molecule has 4 fully saturated rings. The molecule has 0 aliphatic heterocycles. The molecule has 0 aromatic carbocycles. The fourth-order valence-corrected chi connectivity index (χ4v) is 7.99. The van der Waals surface area contributed by atoms with Crippen molar-refractivity contribution in [3.63, 3.8) is 0 Å². The molecule has 5 heteroatoms. The minimum Gasteiger partial charge on any atom is -0.448 e. The lowest BCUT2D eigenvalue weighted by atomic mass is 9.61. The maximum atomic E-state index is 11.2. The van der Waals surface area contributed by atoms with Gasteiger partial charge in [0.1, 0.15) is 6.26 Å². The van der Waals surface area contributed by atoms with E-state index < -0.39 is 18.3 Å². The van der Waals surface area contributed by atoms with E-state index in [1.807, 2.05) is 6.08 Å². The average Bonchev–Trinajstić information content (AvgIpc) is 3.44. The van der Waals surface area contributed by atoms with Crippen LogP contribution in [-0.2, 0) is 11.8 Å². The first-order valence-electron chi connectivity index (χ1n) is 15.4. The van der Waals surface area contributed by atoms with Crippen molar-refractivity contribution in [3.05, 3.63) is 65.5 Å². The Hall–Kier alpha value is -1.95. The molecule has 4 aliphatic rings. The lowest BCUT2D eigenvalue weighted by Crippen LogP contribution is -2.35. The van der Waals surface area contributed by atoms with Crippen molar-refractivity contribution in [2.24, 2.45) is 23.2 Å². The molecule has 39 heavy (non-hydrogen) atoms. The van der Waals surface area contributed by atoms with Crippen molar-refractivity contribution >= 4 is 0 Å². The lowest BCUT2D eigenvalue weighted by Gasteiger charge is -2.44. The van der Waals surface area contributed by atoms with Gasteiger partial charge in [-0.25, -0.2) is 4.98 Å². The molecule has 0 bridgehead atoms. The maximum Gasteiger partial charge on any atom is 0.203 e. The molecular weight excluding hydrogens is 486 g/mol. The molecule has 0 spiro atoms. The molecule has 5 rings (SSSR count). The molecule has 5 nitrogen and oxygen atoms in total. The summed E-state index contributed by atoms with van der Waals surface area (Å²) in [6.45, 7) is 11.1. The molecular formula is C34H49NO4. The standard InChI is InChI=1S/C34H49NO4/c1-5-6-9-26-21-39-32(35-26)34(17-18-34)31(38)15-10-22(2)28-13-14-29-24(8-7-16-33(28,29)4)11-12-25-19-27(36)20-30(37)23(25)3/h10-12,15,21-22,27-31,36-38H,3,5-9,13-14,16-20H2,1-2,4H3/b15-10+,24-11+,25-12-/t22-,27-,28-,29+,30+,31-,33-/m1/s1. The Morgan fingerprint density at radius 1 is 1.18 bits per heavy atom. The highest BCUT2D eigenvalue weighted by atomic mass is 16.3. The highest BCUT2D eigenvalue weighted by molar-refractivity contribution is 5.38. The highest BCUT2D eigenvalue weighted by Gasteiger charge is 2.54. The second-order valence-corrected chi connectivity index (χ2v) is 13.3. The third kappa shape index (κ3) is 5.64. The fourth-order valence-electron chi connectivity index (χ4n) is 7.99. The van der Waals surface area contributed by atoms with E-state index in [1.165, 1.54) is 31.3 Å². The van der Waals surface area contributed by atoms with Crippen LogP contribution in [0.2, 0.25) is 0 Å². The normalized spacial score (nSPS) is 36.0. The Morgan fingerprint density at radius 2 is 1.97 bits per heavy atom. The quantitative estimate of drug-likeness (QED) is 0.305. The summed E-state index contributed by atoms with van der Waals surface area (Å²) in [6.07, 6.45) is 20.7. The number of hydrogen-bond donors (Lipinski definition) is 3. The topological polar surface area (TPSA) is 86.7 Å². The van der Waals surface area contributed by atoms with Crippen molar-refractivity contribution in [3.8, 4) is 0 Å². The predicted octanol–water partition coefficient (Wildman–Crippen LogP) is 6.74. The number of oxazole rings is 1. The van der Waals surface area contributed by atoms with E-state index in [9.17, 15) is 15.3 Å². The number of rotatable bonds is 9. The van der Waals surface area contributed by atoms with Gasteiger partial charge in [-0.2, -0.15) is 0 Å². The van der Waals surface area contributed by atoms with Crippen LogP contribution in [0, 0.1) is 23.2 Å². The van der Waals surface area contributed by atoms with Crippen molar-refractivity contribution in [1.82, 2.24) is 4.98 Å². The lowest BCUT2D eigenvalue weighted by molar-refractivity contribution is 0.0862. The number of aliphatic hydroxyl groups excluding tert-OH is 3. The van der Waals surface area contributed by atoms with Crippen LogP contribution >= 0.6 is 0 Å². The summed E-state index contributed by atoms with van der Waals surface area (Å²) in [5.74, 6) is 2.23. The van der Waals surface area contributed by atoms with Gasteiger partial charge >= 0.3 is 0 Å². The zero-order valence-corrected chi connectivity index (χ0v) is 24.2. The Balaban J connectivity index is 1.26. The van der Waals surface area contributed by atoms with Crippen LogP contribution in [0.1, 0.15) is 103 Å². The Kier molecular flexibility index (Phi) is 8.43. The molecule has 1 aromatic rings. The van der Waals surface area contributed by atoms with Crippen LogP contribution in [0.4, 0.5) is 0 Å². The SMILES string of the molecule is C=C1/C(=C\C=C2/CCC[C@]3(C)[C@@H]([C@H](C)/C=C/[C@@H](O)C4(c5nc(CCCC)co5)CC4)CC[C@@H]23)C[C@@H](O)C[C@@H]1O. The zero-order chi connectivity index (χ0) is 27.8. The molecule has 214 valence electrons. The molecule has 4 aliphatic carbocycles. The van der Waals surface area contributed by atoms with Crippen LogP contribution < -0.4 is 0 Å². The first kappa shape index (κ1) is 28.6. The Labute approximate surface area is 234 Å². The number of hydrogen-bond acceptors (Lipinski definition) is 5. The predicted molar refractivity (Wildman–Crippen MR) is 155 cm³/mol.